The predicted octanol–water partition coefficient (Wildman–Crippen LogP) is 4.69. The van der Waals surface area contributed by atoms with Crippen LogP contribution in [0.2, 0.25) is 15.1 Å². The maximum Gasteiger partial charge on any atom is 0.191 e. The minimum Gasteiger partial charge on any atom is -0.357 e. The summed E-state index contributed by atoms with van der Waals surface area (Å²) in [6.07, 6.45) is 0.780. The lowest BCUT2D eigenvalue weighted by molar-refractivity contribution is 0.636. The minimum absolute atomic E-state index is 0.159. The van der Waals surface area contributed by atoms with E-state index in [1.54, 1.807) is 12.1 Å². The van der Waals surface area contributed by atoms with E-state index in [2.05, 4.69) is 18.8 Å². The zero-order chi connectivity index (χ0) is 13.4. The number of halogens is 3. The number of hydrogen-bond acceptors (Lipinski definition) is 1. The van der Waals surface area contributed by atoms with Crippen LogP contribution in [0.4, 0.5) is 0 Å². The summed E-state index contributed by atoms with van der Waals surface area (Å²) in [5.74, 6) is 0.444. The van der Waals surface area contributed by atoms with Gasteiger partial charge in [0, 0.05) is 11.8 Å². The highest BCUT2D eigenvalue weighted by Gasteiger charge is 2.13. The van der Waals surface area contributed by atoms with Gasteiger partial charge in [-0.3, -0.25) is 4.79 Å². The van der Waals surface area contributed by atoms with Crippen molar-refractivity contribution in [2.24, 2.45) is 5.92 Å². The smallest absolute Gasteiger partial charge is 0.191 e. The Labute approximate surface area is 120 Å². The van der Waals surface area contributed by atoms with Gasteiger partial charge in [-0.1, -0.05) is 48.7 Å². The van der Waals surface area contributed by atoms with E-state index < -0.39 is 0 Å². The van der Waals surface area contributed by atoms with Crippen LogP contribution in [0, 0.1) is 5.92 Å². The molecule has 1 aromatic heterocycles. The third-order valence-electron chi connectivity index (χ3n) is 2.64. The SMILES string of the molecule is CC(C)Cc1cc(=O)c2c(Cl)c(Cl)cc(Cl)c2[nH]1. The lowest BCUT2D eigenvalue weighted by Gasteiger charge is -2.09. The molecule has 0 bridgehead atoms. The van der Waals surface area contributed by atoms with Crippen LogP contribution in [0.15, 0.2) is 16.9 Å². The van der Waals surface area contributed by atoms with Crippen molar-refractivity contribution >= 4 is 45.7 Å². The summed E-state index contributed by atoms with van der Waals surface area (Å²) in [6, 6.07) is 3.10. The molecule has 0 radical (unpaired) electrons. The minimum atomic E-state index is -0.159. The van der Waals surface area contributed by atoms with Crippen LogP contribution < -0.4 is 5.43 Å². The highest BCUT2D eigenvalue weighted by atomic mass is 35.5. The molecule has 96 valence electrons. The van der Waals surface area contributed by atoms with Crippen molar-refractivity contribution in [2.45, 2.75) is 20.3 Å². The first kappa shape index (κ1) is 13.7. The molecule has 0 saturated heterocycles. The predicted molar refractivity (Wildman–Crippen MR) is 78.1 cm³/mol. The molecular weight excluding hydrogens is 293 g/mol. The second kappa shape index (κ2) is 5.12. The van der Waals surface area contributed by atoms with E-state index in [4.69, 9.17) is 34.8 Å². The largest absolute Gasteiger partial charge is 0.357 e. The number of hydrogen-bond donors (Lipinski definition) is 1. The van der Waals surface area contributed by atoms with Gasteiger partial charge in [-0.25, -0.2) is 0 Å². The van der Waals surface area contributed by atoms with Crippen molar-refractivity contribution in [2.75, 3.05) is 0 Å². The monoisotopic (exact) mass is 303 g/mol. The lowest BCUT2D eigenvalue weighted by Crippen LogP contribution is -2.08. The molecule has 2 rings (SSSR count). The number of pyridine rings is 1. The van der Waals surface area contributed by atoms with E-state index in [1.165, 1.54) is 0 Å². The normalized spacial score (nSPS) is 11.4. The van der Waals surface area contributed by atoms with Gasteiger partial charge in [0.25, 0.3) is 0 Å². The Morgan fingerprint density at radius 1 is 1.17 bits per heavy atom. The van der Waals surface area contributed by atoms with Crippen LogP contribution in [0.3, 0.4) is 0 Å². The average molecular weight is 305 g/mol. The van der Waals surface area contributed by atoms with Gasteiger partial charge in [0.1, 0.15) is 0 Å². The standard InChI is InChI=1S/C13H12Cl3NO/c1-6(2)3-7-4-10(18)11-12(16)8(14)5-9(15)13(11)17-7/h4-6H,3H2,1-2H3,(H,17,18). The highest BCUT2D eigenvalue weighted by molar-refractivity contribution is 6.47. The fraction of sp³-hybridized carbons (Fsp3) is 0.308. The summed E-state index contributed by atoms with van der Waals surface area (Å²) < 4.78 is 0. The zero-order valence-electron chi connectivity index (χ0n) is 9.98. The van der Waals surface area contributed by atoms with Gasteiger partial charge in [0.05, 0.1) is 26.0 Å². The number of aromatic nitrogens is 1. The molecule has 0 spiro atoms. The third kappa shape index (κ3) is 2.51. The number of H-pyrrole nitrogens is 1. The molecule has 0 unspecified atom stereocenters. The van der Waals surface area contributed by atoms with E-state index in [1.807, 2.05) is 0 Å². The van der Waals surface area contributed by atoms with Crippen LogP contribution >= 0.6 is 34.8 Å². The lowest BCUT2D eigenvalue weighted by atomic mass is 10.1. The topological polar surface area (TPSA) is 32.9 Å². The van der Waals surface area contributed by atoms with Crippen LogP contribution in [-0.4, -0.2) is 4.98 Å². The molecule has 0 aliphatic heterocycles. The molecule has 5 heteroatoms. The summed E-state index contributed by atoms with van der Waals surface area (Å²) in [5, 5.41) is 1.29. The Bertz CT molecular complexity index is 661. The fourth-order valence-electron chi connectivity index (χ4n) is 1.93. The maximum absolute atomic E-state index is 12.1. The molecule has 1 aromatic carbocycles. The van der Waals surface area contributed by atoms with Crippen molar-refractivity contribution in [3.05, 3.63) is 43.1 Å². The van der Waals surface area contributed by atoms with Crippen LogP contribution in [-0.2, 0) is 6.42 Å². The van der Waals surface area contributed by atoms with Gasteiger partial charge < -0.3 is 4.98 Å². The van der Waals surface area contributed by atoms with Gasteiger partial charge in [0.15, 0.2) is 5.43 Å². The maximum atomic E-state index is 12.1. The van der Waals surface area contributed by atoms with Crippen molar-refractivity contribution < 1.29 is 0 Å². The first-order valence-electron chi connectivity index (χ1n) is 5.59. The highest BCUT2D eigenvalue weighted by Crippen LogP contribution is 2.33. The van der Waals surface area contributed by atoms with Crippen LogP contribution in [0.1, 0.15) is 19.5 Å². The van der Waals surface area contributed by atoms with Crippen molar-refractivity contribution in [3.63, 3.8) is 0 Å². The number of benzene rings is 1. The Hall–Kier alpha value is -0.700. The van der Waals surface area contributed by atoms with E-state index >= 15 is 0 Å². The molecule has 1 heterocycles. The average Bonchev–Trinajstić information content (AvgIpc) is 2.24. The molecular formula is C13H12Cl3NO. The Morgan fingerprint density at radius 3 is 2.44 bits per heavy atom. The first-order chi connectivity index (χ1) is 8.40. The molecule has 0 aliphatic rings. The second-order valence-corrected chi connectivity index (χ2v) is 5.85. The summed E-state index contributed by atoms with van der Waals surface area (Å²) in [7, 11) is 0. The van der Waals surface area contributed by atoms with Gasteiger partial charge in [-0.15, -0.1) is 0 Å². The Kier molecular flexibility index (Phi) is 3.90. The number of nitrogens with one attached hydrogen (secondary N) is 1. The molecule has 0 amide bonds. The second-order valence-electron chi connectivity index (χ2n) is 4.66. The number of rotatable bonds is 2. The van der Waals surface area contributed by atoms with Gasteiger partial charge >= 0.3 is 0 Å². The van der Waals surface area contributed by atoms with E-state index in [0.29, 0.717) is 21.8 Å². The summed E-state index contributed by atoms with van der Waals surface area (Å²) in [6.45, 7) is 4.16. The molecule has 0 saturated carbocycles. The first-order valence-corrected chi connectivity index (χ1v) is 6.73. The molecule has 2 aromatic rings. The van der Waals surface area contributed by atoms with Crippen molar-refractivity contribution in [1.29, 1.82) is 0 Å². The zero-order valence-corrected chi connectivity index (χ0v) is 12.2. The Balaban J connectivity index is 2.78. The fourth-order valence-corrected chi connectivity index (χ4v) is 2.68. The summed E-state index contributed by atoms with van der Waals surface area (Å²) in [5.41, 5.74) is 1.24. The number of aromatic amines is 1. The van der Waals surface area contributed by atoms with E-state index in [-0.39, 0.29) is 15.5 Å². The molecule has 1 N–H and O–H groups in total. The quantitative estimate of drug-likeness (QED) is 0.802. The van der Waals surface area contributed by atoms with Crippen molar-refractivity contribution in [1.82, 2.24) is 4.98 Å². The third-order valence-corrected chi connectivity index (χ3v) is 3.72. The molecule has 18 heavy (non-hydrogen) atoms. The van der Waals surface area contributed by atoms with Gasteiger partial charge in [-0.2, -0.15) is 0 Å². The summed E-state index contributed by atoms with van der Waals surface area (Å²) >= 11 is 18.1. The van der Waals surface area contributed by atoms with Gasteiger partial charge in [0.2, 0.25) is 0 Å². The molecule has 2 nitrogen and oxygen atoms in total. The molecule has 0 atom stereocenters. The van der Waals surface area contributed by atoms with Gasteiger partial charge in [-0.05, 0) is 18.4 Å². The summed E-state index contributed by atoms with van der Waals surface area (Å²) in [4.78, 5) is 15.2. The Morgan fingerprint density at radius 2 is 1.83 bits per heavy atom. The van der Waals surface area contributed by atoms with Crippen LogP contribution in [0.25, 0.3) is 10.9 Å². The van der Waals surface area contributed by atoms with Crippen molar-refractivity contribution in [3.8, 4) is 0 Å². The van der Waals surface area contributed by atoms with E-state index in [0.717, 1.165) is 12.1 Å². The van der Waals surface area contributed by atoms with E-state index in [9.17, 15) is 4.79 Å². The molecule has 0 aliphatic carbocycles. The van der Waals surface area contributed by atoms with Crippen LogP contribution in [0.5, 0.6) is 0 Å². The number of fused-ring (bicyclic) bond motifs is 1. The molecule has 0 fully saturated rings.